The van der Waals surface area contributed by atoms with Crippen LogP contribution in [0.3, 0.4) is 0 Å². The van der Waals surface area contributed by atoms with Gasteiger partial charge in [-0.25, -0.2) is 4.39 Å². The molecule has 3 aromatic rings. The first-order chi connectivity index (χ1) is 14.3. The normalized spacial score (nSPS) is 26.7. The lowest BCUT2D eigenvalue weighted by Gasteiger charge is -2.28. The third kappa shape index (κ3) is 3.74. The molecule has 4 nitrogen and oxygen atoms in total. The van der Waals surface area contributed by atoms with E-state index in [2.05, 4.69) is 27.3 Å². The summed E-state index contributed by atoms with van der Waals surface area (Å²) in [7, 11) is 0. The summed E-state index contributed by atoms with van der Waals surface area (Å²) in [6, 6.07) is 10.6. The summed E-state index contributed by atoms with van der Waals surface area (Å²) >= 11 is 0. The van der Waals surface area contributed by atoms with Gasteiger partial charge in [-0.3, -0.25) is 4.98 Å². The molecule has 29 heavy (non-hydrogen) atoms. The van der Waals surface area contributed by atoms with Crippen molar-refractivity contribution in [1.82, 2.24) is 15.1 Å². The highest BCUT2D eigenvalue weighted by Gasteiger charge is 2.45. The molecule has 2 aliphatic rings. The van der Waals surface area contributed by atoms with Crippen LogP contribution in [0.25, 0.3) is 17.2 Å². The molecule has 0 radical (unpaired) electrons. The van der Waals surface area contributed by atoms with Crippen molar-refractivity contribution in [2.45, 2.75) is 38.0 Å². The first kappa shape index (κ1) is 18.2. The van der Waals surface area contributed by atoms with Gasteiger partial charge >= 0.3 is 0 Å². The van der Waals surface area contributed by atoms with Gasteiger partial charge in [0.05, 0.1) is 5.69 Å². The van der Waals surface area contributed by atoms with Crippen molar-refractivity contribution in [2.75, 3.05) is 0 Å². The van der Waals surface area contributed by atoms with Gasteiger partial charge in [-0.2, -0.15) is 4.98 Å². The number of rotatable bonds is 4. The minimum atomic E-state index is -0.234. The number of halogens is 1. The number of fused-ring (bicyclic) bond motifs is 1. The zero-order valence-corrected chi connectivity index (χ0v) is 16.2. The monoisotopic (exact) mass is 389 g/mol. The molecule has 2 fully saturated rings. The Morgan fingerprint density at radius 1 is 1.03 bits per heavy atom. The summed E-state index contributed by atoms with van der Waals surface area (Å²) in [4.78, 5) is 8.93. The van der Waals surface area contributed by atoms with Crippen LogP contribution in [0.4, 0.5) is 4.39 Å². The highest BCUT2D eigenvalue weighted by molar-refractivity contribution is 5.63. The van der Waals surface area contributed by atoms with E-state index in [9.17, 15) is 4.39 Å². The van der Waals surface area contributed by atoms with Gasteiger partial charge in [0.2, 0.25) is 5.89 Å². The predicted octanol–water partition coefficient (Wildman–Crippen LogP) is 5.89. The lowest BCUT2D eigenvalue weighted by atomic mass is 9.77. The van der Waals surface area contributed by atoms with Crippen LogP contribution in [-0.2, 0) is 0 Å². The third-order valence-corrected chi connectivity index (χ3v) is 6.61. The fourth-order valence-corrected chi connectivity index (χ4v) is 5.26. The van der Waals surface area contributed by atoms with Crippen LogP contribution in [0.5, 0.6) is 0 Å². The first-order valence-electron chi connectivity index (χ1n) is 10.4. The van der Waals surface area contributed by atoms with E-state index in [1.165, 1.54) is 44.1 Å². The van der Waals surface area contributed by atoms with E-state index in [1.807, 2.05) is 24.4 Å². The zero-order chi connectivity index (χ0) is 19.6. The van der Waals surface area contributed by atoms with Gasteiger partial charge < -0.3 is 4.52 Å². The van der Waals surface area contributed by atoms with E-state index >= 15 is 0 Å². The largest absolute Gasteiger partial charge is 0.339 e. The zero-order valence-electron chi connectivity index (χ0n) is 16.2. The Hall–Kier alpha value is -2.82. The average molecular weight is 389 g/mol. The summed E-state index contributed by atoms with van der Waals surface area (Å²) in [6.07, 6.45) is 14.1. The minimum absolute atomic E-state index is 0.234. The summed E-state index contributed by atoms with van der Waals surface area (Å²) in [5, 5.41) is 3.83. The molecule has 2 saturated carbocycles. The van der Waals surface area contributed by atoms with Crippen molar-refractivity contribution in [2.24, 2.45) is 17.8 Å². The molecule has 5 heteroatoms. The van der Waals surface area contributed by atoms with Crippen molar-refractivity contribution >= 4 is 6.08 Å². The predicted molar refractivity (Wildman–Crippen MR) is 109 cm³/mol. The fourth-order valence-electron chi connectivity index (χ4n) is 5.26. The second-order valence-corrected chi connectivity index (χ2v) is 8.25. The lowest BCUT2D eigenvalue weighted by Crippen LogP contribution is -2.19. The fraction of sp³-hybridized carbons (Fsp3) is 0.375. The topological polar surface area (TPSA) is 51.8 Å². The molecule has 0 unspecified atom stereocenters. The quantitative estimate of drug-likeness (QED) is 0.558. The smallest absolute Gasteiger partial charge is 0.230 e. The molecule has 2 aromatic heterocycles. The summed E-state index contributed by atoms with van der Waals surface area (Å²) < 4.78 is 18.9. The highest BCUT2D eigenvalue weighted by Crippen LogP contribution is 2.53. The maximum Gasteiger partial charge on any atom is 0.230 e. The van der Waals surface area contributed by atoms with Crippen LogP contribution in [0.15, 0.2) is 59.5 Å². The molecule has 5 rings (SSSR count). The van der Waals surface area contributed by atoms with Gasteiger partial charge in [0.1, 0.15) is 5.82 Å². The molecular formula is C24H24FN3O. The van der Waals surface area contributed by atoms with Crippen molar-refractivity contribution < 1.29 is 8.91 Å². The Morgan fingerprint density at radius 2 is 1.97 bits per heavy atom. The molecule has 0 N–H and O–H groups in total. The van der Waals surface area contributed by atoms with Gasteiger partial charge in [0.25, 0.3) is 0 Å². The second kappa shape index (κ2) is 7.90. The Morgan fingerprint density at radius 3 is 2.76 bits per heavy atom. The maximum atomic E-state index is 13.5. The van der Waals surface area contributed by atoms with Gasteiger partial charge in [0, 0.05) is 17.7 Å². The standard InChI is InChI=1S/C24H24FN3O/c25-19-6-3-5-16(12-19)18-8-9-20(26-14-18)10-11-22-21-7-2-1-4-17(21)13-23(22)24-27-15-28-29-24/h3,5-6,8-12,14-15,17,21-23H,1-2,4,7,13H2/t17-,21-,22+,23+/m1/s1. The van der Waals surface area contributed by atoms with Crippen LogP contribution >= 0.6 is 0 Å². The molecule has 2 heterocycles. The molecule has 0 saturated heterocycles. The number of pyridine rings is 1. The molecule has 2 aliphatic carbocycles. The van der Waals surface area contributed by atoms with Gasteiger partial charge in [-0.15, -0.1) is 0 Å². The number of hydrogen-bond donors (Lipinski definition) is 0. The van der Waals surface area contributed by atoms with Gasteiger partial charge in [-0.05, 0) is 60.4 Å². The van der Waals surface area contributed by atoms with E-state index in [0.29, 0.717) is 17.8 Å². The van der Waals surface area contributed by atoms with E-state index in [4.69, 9.17) is 4.52 Å². The number of benzene rings is 1. The Labute approximate surface area is 169 Å². The van der Waals surface area contributed by atoms with Crippen molar-refractivity contribution in [3.8, 4) is 11.1 Å². The van der Waals surface area contributed by atoms with Gasteiger partial charge in [0.15, 0.2) is 6.33 Å². The molecule has 1 aromatic carbocycles. The number of nitrogens with zero attached hydrogens (tertiary/aromatic N) is 3. The van der Waals surface area contributed by atoms with Crippen LogP contribution < -0.4 is 0 Å². The Bertz CT molecular complexity index is 984. The third-order valence-electron chi connectivity index (χ3n) is 6.61. The van der Waals surface area contributed by atoms with Crippen molar-refractivity contribution in [3.63, 3.8) is 0 Å². The number of aromatic nitrogens is 3. The number of hydrogen-bond acceptors (Lipinski definition) is 4. The van der Waals surface area contributed by atoms with Crippen LogP contribution in [-0.4, -0.2) is 15.1 Å². The summed E-state index contributed by atoms with van der Waals surface area (Å²) in [6.45, 7) is 0. The van der Waals surface area contributed by atoms with Gasteiger partial charge in [-0.1, -0.05) is 48.7 Å². The Balaban J connectivity index is 1.37. The average Bonchev–Trinajstić information content (AvgIpc) is 3.40. The molecule has 148 valence electrons. The molecule has 4 atom stereocenters. The molecule has 0 aliphatic heterocycles. The number of allylic oxidation sites excluding steroid dienone is 1. The van der Waals surface area contributed by atoms with E-state index < -0.39 is 0 Å². The summed E-state index contributed by atoms with van der Waals surface area (Å²) in [5.41, 5.74) is 2.66. The summed E-state index contributed by atoms with van der Waals surface area (Å²) in [5.74, 6) is 2.67. The second-order valence-electron chi connectivity index (χ2n) is 8.25. The highest BCUT2D eigenvalue weighted by atomic mass is 19.1. The van der Waals surface area contributed by atoms with Crippen molar-refractivity contribution in [1.29, 1.82) is 0 Å². The van der Waals surface area contributed by atoms with E-state index in [0.717, 1.165) is 35.1 Å². The van der Waals surface area contributed by atoms with Crippen LogP contribution in [0.1, 0.15) is 49.6 Å². The molecule has 0 bridgehead atoms. The first-order valence-corrected chi connectivity index (χ1v) is 10.4. The van der Waals surface area contributed by atoms with E-state index in [-0.39, 0.29) is 5.82 Å². The van der Waals surface area contributed by atoms with Crippen LogP contribution in [0.2, 0.25) is 0 Å². The molecule has 0 amide bonds. The SMILES string of the molecule is Fc1cccc(-c2ccc(C=C[C@H]3[C@@H]4CCCC[C@@H]4C[C@@H]3c3ncno3)nc2)c1. The maximum absolute atomic E-state index is 13.5. The van der Waals surface area contributed by atoms with E-state index in [1.54, 1.807) is 6.07 Å². The van der Waals surface area contributed by atoms with Crippen molar-refractivity contribution in [3.05, 3.63) is 72.4 Å². The lowest BCUT2D eigenvalue weighted by molar-refractivity contribution is 0.247. The Kier molecular flexibility index (Phi) is 4.96. The van der Waals surface area contributed by atoms with Crippen LogP contribution in [0, 0.1) is 23.6 Å². The minimum Gasteiger partial charge on any atom is -0.339 e. The molecular weight excluding hydrogens is 365 g/mol. The molecule has 0 spiro atoms.